The predicted molar refractivity (Wildman–Crippen MR) is 84.9 cm³/mol. The zero-order valence-electron chi connectivity index (χ0n) is 14.0. The molecule has 0 aromatic rings. The molecule has 4 heteroatoms. The predicted octanol–water partition coefficient (Wildman–Crippen LogP) is 2.10. The molecular formula is C16H33N3O. The van der Waals surface area contributed by atoms with Gasteiger partial charge in [0.15, 0.2) is 0 Å². The van der Waals surface area contributed by atoms with Crippen LogP contribution in [-0.4, -0.2) is 60.0 Å². The van der Waals surface area contributed by atoms with Gasteiger partial charge in [0.05, 0.1) is 6.04 Å². The Morgan fingerprint density at radius 2 is 1.80 bits per heavy atom. The molecule has 0 aliphatic carbocycles. The van der Waals surface area contributed by atoms with Crippen LogP contribution < -0.4 is 5.32 Å². The van der Waals surface area contributed by atoms with Gasteiger partial charge in [0, 0.05) is 25.2 Å². The molecule has 1 amide bonds. The molecule has 1 fully saturated rings. The highest BCUT2D eigenvalue weighted by Crippen LogP contribution is 2.23. The van der Waals surface area contributed by atoms with Crippen molar-refractivity contribution in [3.05, 3.63) is 0 Å². The quantitative estimate of drug-likeness (QED) is 0.777. The molecule has 0 aromatic carbocycles. The number of amides is 1. The Kier molecular flexibility index (Phi) is 7.52. The number of likely N-dealkylation sites (N-methyl/N-ethyl adjacent to an activating group) is 1. The summed E-state index contributed by atoms with van der Waals surface area (Å²) < 4.78 is 0. The average molecular weight is 283 g/mol. The fourth-order valence-electron chi connectivity index (χ4n) is 3.15. The Hall–Kier alpha value is -0.610. The van der Waals surface area contributed by atoms with E-state index in [0.717, 1.165) is 39.0 Å². The van der Waals surface area contributed by atoms with Crippen LogP contribution in [0.15, 0.2) is 0 Å². The number of carbonyl (C=O) groups excluding carboxylic acids is 1. The number of nitrogens with one attached hydrogen (secondary N) is 1. The second kappa shape index (κ2) is 8.63. The van der Waals surface area contributed by atoms with E-state index in [4.69, 9.17) is 0 Å². The molecule has 1 N–H and O–H groups in total. The van der Waals surface area contributed by atoms with Crippen LogP contribution in [0.5, 0.6) is 0 Å². The van der Waals surface area contributed by atoms with Crippen LogP contribution in [0.2, 0.25) is 0 Å². The summed E-state index contributed by atoms with van der Waals surface area (Å²) in [5.74, 6) is 0.268. The van der Waals surface area contributed by atoms with Gasteiger partial charge in [-0.3, -0.25) is 4.79 Å². The second-order valence-electron chi connectivity index (χ2n) is 6.08. The molecule has 1 saturated heterocycles. The minimum atomic E-state index is -0.0754. The van der Waals surface area contributed by atoms with E-state index < -0.39 is 0 Å². The van der Waals surface area contributed by atoms with Gasteiger partial charge < -0.3 is 15.1 Å². The van der Waals surface area contributed by atoms with Gasteiger partial charge in [-0.25, -0.2) is 0 Å². The van der Waals surface area contributed by atoms with Crippen molar-refractivity contribution >= 4 is 5.91 Å². The van der Waals surface area contributed by atoms with E-state index in [1.54, 1.807) is 0 Å². The fraction of sp³-hybridized carbons (Fsp3) is 0.938. The third kappa shape index (κ3) is 4.74. The number of carbonyl (C=O) groups is 1. The van der Waals surface area contributed by atoms with E-state index in [-0.39, 0.29) is 11.9 Å². The van der Waals surface area contributed by atoms with Crippen molar-refractivity contribution in [3.63, 3.8) is 0 Å². The van der Waals surface area contributed by atoms with E-state index in [1.165, 1.54) is 6.42 Å². The topological polar surface area (TPSA) is 35.6 Å². The molecule has 0 aromatic heterocycles. The zero-order chi connectivity index (χ0) is 15.1. The molecule has 0 spiro atoms. The van der Waals surface area contributed by atoms with Gasteiger partial charge >= 0.3 is 0 Å². The van der Waals surface area contributed by atoms with E-state index >= 15 is 0 Å². The van der Waals surface area contributed by atoms with Gasteiger partial charge in [0.1, 0.15) is 0 Å². The molecule has 0 radical (unpaired) electrons. The van der Waals surface area contributed by atoms with Gasteiger partial charge in [0.2, 0.25) is 5.91 Å². The number of hydrogen-bond acceptors (Lipinski definition) is 3. The van der Waals surface area contributed by atoms with Crippen LogP contribution in [0.1, 0.15) is 53.9 Å². The summed E-state index contributed by atoms with van der Waals surface area (Å²) in [6.07, 6.45) is 3.53. The van der Waals surface area contributed by atoms with Crippen molar-refractivity contribution in [1.82, 2.24) is 15.1 Å². The number of nitrogens with zero attached hydrogens (tertiary/aromatic N) is 2. The van der Waals surface area contributed by atoms with Crippen LogP contribution in [-0.2, 0) is 4.79 Å². The number of piperidine rings is 1. The maximum absolute atomic E-state index is 12.6. The molecule has 118 valence electrons. The van der Waals surface area contributed by atoms with Crippen molar-refractivity contribution < 1.29 is 4.79 Å². The Morgan fingerprint density at radius 1 is 1.25 bits per heavy atom. The summed E-state index contributed by atoms with van der Waals surface area (Å²) in [6.45, 7) is 14.7. The van der Waals surface area contributed by atoms with E-state index in [2.05, 4.69) is 42.8 Å². The van der Waals surface area contributed by atoms with Crippen molar-refractivity contribution in [1.29, 1.82) is 0 Å². The third-order valence-corrected chi connectivity index (χ3v) is 4.59. The zero-order valence-corrected chi connectivity index (χ0v) is 14.0. The standard InChI is InChI=1S/C16H33N3O/c1-6-18(7-2)12-11-17-15(5)16(20)19-13(3)9-8-10-14(19)4/h13-15,17H,6-12H2,1-5H3/t13-,14+,15-/m1/s1. The molecule has 1 aliphatic rings. The maximum Gasteiger partial charge on any atom is 0.239 e. The number of likely N-dealkylation sites (tertiary alicyclic amines) is 1. The fourth-order valence-corrected chi connectivity index (χ4v) is 3.15. The first-order valence-electron chi connectivity index (χ1n) is 8.29. The number of hydrogen-bond donors (Lipinski definition) is 1. The Balaban J connectivity index is 2.41. The Bertz CT molecular complexity index is 281. The minimum absolute atomic E-state index is 0.0754. The Morgan fingerprint density at radius 3 is 2.30 bits per heavy atom. The molecule has 1 rings (SSSR count). The molecule has 1 aliphatic heterocycles. The first kappa shape index (κ1) is 17.4. The summed E-state index contributed by atoms with van der Waals surface area (Å²) >= 11 is 0. The smallest absolute Gasteiger partial charge is 0.239 e. The van der Waals surface area contributed by atoms with Crippen LogP contribution >= 0.6 is 0 Å². The lowest BCUT2D eigenvalue weighted by Gasteiger charge is -2.40. The molecule has 4 nitrogen and oxygen atoms in total. The first-order chi connectivity index (χ1) is 9.51. The molecule has 1 heterocycles. The average Bonchev–Trinajstić information content (AvgIpc) is 2.43. The molecule has 20 heavy (non-hydrogen) atoms. The van der Waals surface area contributed by atoms with Crippen molar-refractivity contribution in [3.8, 4) is 0 Å². The molecular weight excluding hydrogens is 250 g/mol. The van der Waals surface area contributed by atoms with Gasteiger partial charge in [-0.15, -0.1) is 0 Å². The summed E-state index contributed by atoms with van der Waals surface area (Å²) in [6, 6.07) is 0.699. The number of rotatable bonds is 7. The van der Waals surface area contributed by atoms with Crippen LogP contribution in [0.25, 0.3) is 0 Å². The van der Waals surface area contributed by atoms with Crippen molar-refractivity contribution in [2.75, 3.05) is 26.2 Å². The SMILES string of the molecule is CCN(CC)CCN[C@H](C)C(=O)N1[C@H](C)CCC[C@@H]1C. The maximum atomic E-state index is 12.6. The second-order valence-corrected chi connectivity index (χ2v) is 6.08. The monoisotopic (exact) mass is 283 g/mol. The third-order valence-electron chi connectivity index (χ3n) is 4.59. The van der Waals surface area contributed by atoms with Gasteiger partial charge in [-0.1, -0.05) is 13.8 Å². The Labute approximate surface area is 124 Å². The largest absolute Gasteiger partial charge is 0.336 e. The van der Waals surface area contributed by atoms with Crippen molar-refractivity contribution in [2.45, 2.75) is 72.0 Å². The summed E-state index contributed by atoms with van der Waals surface area (Å²) in [5.41, 5.74) is 0. The minimum Gasteiger partial charge on any atom is -0.336 e. The normalized spacial score (nSPS) is 25.0. The lowest BCUT2D eigenvalue weighted by atomic mass is 9.96. The van der Waals surface area contributed by atoms with Crippen molar-refractivity contribution in [2.24, 2.45) is 0 Å². The lowest BCUT2D eigenvalue weighted by molar-refractivity contribution is -0.139. The molecule has 0 bridgehead atoms. The van der Waals surface area contributed by atoms with E-state index in [0.29, 0.717) is 12.1 Å². The highest BCUT2D eigenvalue weighted by atomic mass is 16.2. The molecule has 0 unspecified atom stereocenters. The highest BCUT2D eigenvalue weighted by molar-refractivity contribution is 5.82. The van der Waals surface area contributed by atoms with E-state index in [9.17, 15) is 4.79 Å². The van der Waals surface area contributed by atoms with Crippen LogP contribution in [0.3, 0.4) is 0 Å². The molecule has 3 atom stereocenters. The van der Waals surface area contributed by atoms with Crippen LogP contribution in [0.4, 0.5) is 0 Å². The van der Waals surface area contributed by atoms with Gasteiger partial charge in [0.25, 0.3) is 0 Å². The van der Waals surface area contributed by atoms with Gasteiger partial charge in [-0.2, -0.15) is 0 Å². The van der Waals surface area contributed by atoms with Crippen LogP contribution in [0, 0.1) is 0 Å². The lowest BCUT2D eigenvalue weighted by Crippen LogP contribution is -2.54. The summed E-state index contributed by atoms with van der Waals surface area (Å²) in [7, 11) is 0. The summed E-state index contributed by atoms with van der Waals surface area (Å²) in [4.78, 5) is 17.1. The van der Waals surface area contributed by atoms with Gasteiger partial charge in [-0.05, 0) is 53.1 Å². The first-order valence-corrected chi connectivity index (χ1v) is 8.29. The highest BCUT2D eigenvalue weighted by Gasteiger charge is 2.31. The molecule has 0 saturated carbocycles. The van der Waals surface area contributed by atoms with E-state index in [1.807, 2.05) is 6.92 Å². The summed E-state index contributed by atoms with van der Waals surface area (Å²) in [5, 5.41) is 3.39.